The lowest BCUT2D eigenvalue weighted by atomic mass is 10.0. The summed E-state index contributed by atoms with van der Waals surface area (Å²) in [6.45, 7) is 5.49. The highest BCUT2D eigenvalue weighted by Gasteiger charge is 2.21. The Hall–Kier alpha value is -1.82. The van der Waals surface area contributed by atoms with E-state index in [0.717, 1.165) is 17.0 Å². The van der Waals surface area contributed by atoms with Crippen molar-refractivity contribution in [3.63, 3.8) is 0 Å². The van der Waals surface area contributed by atoms with Crippen molar-refractivity contribution in [2.45, 2.75) is 27.2 Å². The molecule has 0 bridgehead atoms. The van der Waals surface area contributed by atoms with Crippen LogP contribution >= 0.6 is 12.4 Å². The number of nitrogens with one attached hydrogen (secondary N) is 1. The van der Waals surface area contributed by atoms with Gasteiger partial charge in [0.05, 0.1) is 5.69 Å². The standard InChI is InChI=1S/C11H13N3O3.ClH/c1-5-8(6(2)13-12-5)4-9-7(3)17-14-10(9)11(15)16;/h4H2,1-3H3,(H,12,13)(H,15,16);1H. The fourth-order valence-electron chi connectivity index (χ4n) is 1.78. The molecule has 0 aromatic carbocycles. The second-order valence-corrected chi connectivity index (χ2v) is 3.96. The molecule has 2 rings (SSSR count). The van der Waals surface area contributed by atoms with Gasteiger partial charge in [-0.1, -0.05) is 5.16 Å². The van der Waals surface area contributed by atoms with Crippen molar-refractivity contribution in [3.05, 3.63) is 34.0 Å². The van der Waals surface area contributed by atoms with E-state index in [1.807, 2.05) is 13.8 Å². The van der Waals surface area contributed by atoms with Crippen molar-refractivity contribution in [1.29, 1.82) is 0 Å². The Labute approximate surface area is 110 Å². The Morgan fingerprint density at radius 1 is 1.33 bits per heavy atom. The van der Waals surface area contributed by atoms with Gasteiger partial charge in [0.15, 0.2) is 5.69 Å². The molecule has 0 aliphatic rings. The van der Waals surface area contributed by atoms with E-state index in [4.69, 9.17) is 9.63 Å². The van der Waals surface area contributed by atoms with E-state index in [2.05, 4.69) is 15.4 Å². The van der Waals surface area contributed by atoms with Gasteiger partial charge in [-0.2, -0.15) is 5.10 Å². The summed E-state index contributed by atoms with van der Waals surface area (Å²) in [7, 11) is 0. The molecular formula is C11H14ClN3O3. The zero-order valence-electron chi connectivity index (χ0n) is 10.3. The largest absolute Gasteiger partial charge is 0.476 e. The first kappa shape index (κ1) is 14.2. The van der Waals surface area contributed by atoms with Gasteiger partial charge in [-0.25, -0.2) is 4.79 Å². The summed E-state index contributed by atoms with van der Waals surface area (Å²) < 4.78 is 4.92. The summed E-state index contributed by atoms with van der Waals surface area (Å²) >= 11 is 0. The third kappa shape index (κ3) is 2.38. The molecule has 18 heavy (non-hydrogen) atoms. The first-order chi connectivity index (χ1) is 8.00. The molecule has 0 amide bonds. The van der Waals surface area contributed by atoms with Gasteiger partial charge in [-0.15, -0.1) is 12.4 Å². The Morgan fingerprint density at radius 2 is 2.00 bits per heavy atom. The Kier molecular flexibility index (Phi) is 4.13. The first-order valence-electron chi connectivity index (χ1n) is 5.19. The summed E-state index contributed by atoms with van der Waals surface area (Å²) in [6, 6.07) is 0. The molecule has 0 saturated carbocycles. The number of hydrogen-bond acceptors (Lipinski definition) is 4. The maximum atomic E-state index is 11.0. The van der Waals surface area contributed by atoms with Crippen molar-refractivity contribution in [2.75, 3.05) is 0 Å². The van der Waals surface area contributed by atoms with Gasteiger partial charge >= 0.3 is 5.97 Å². The van der Waals surface area contributed by atoms with E-state index in [9.17, 15) is 4.79 Å². The van der Waals surface area contributed by atoms with E-state index in [0.29, 0.717) is 17.7 Å². The number of rotatable bonds is 3. The molecule has 2 heterocycles. The molecule has 0 spiro atoms. The van der Waals surface area contributed by atoms with Gasteiger partial charge in [0, 0.05) is 23.2 Å². The maximum absolute atomic E-state index is 11.0. The number of aromatic nitrogens is 3. The highest BCUT2D eigenvalue weighted by Crippen LogP contribution is 2.21. The molecule has 98 valence electrons. The van der Waals surface area contributed by atoms with Crippen LogP contribution < -0.4 is 0 Å². The number of nitrogens with zero attached hydrogens (tertiary/aromatic N) is 2. The number of carboxylic acids is 1. The van der Waals surface area contributed by atoms with Crippen LogP contribution in [0.5, 0.6) is 0 Å². The van der Waals surface area contributed by atoms with E-state index in [1.54, 1.807) is 6.92 Å². The minimum absolute atomic E-state index is 0. The number of aromatic amines is 1. The lowest BCUT2D eigenvalue weighted by Gasteiger charge is -2.00. The molecule has 0 unspecified atom stereocenters. The predicted octanol–water partition coefficient (Wildman–Crippen LogP) is 2.03. The van der Waals surface area contributed by atoms with E-state index in [-0.39, 0.29) is 18.1 Å². The normalized spacial score (nSPS) is 10.2. The van der Waals surface area contributed by atoms with Crippen LogP contribution in [0.3, 0.4) is 0 Å². The van der Waals surface area contributed by atoms with Gasteiger partial charge in [-0.05, 0) is 20.8 Å². The van der Waals surface area contributed by atoms with Gasteiger partial charge in [0.25, 0.3) is 0 Å². The van der Waals surface area contributed by atoms with Gasteiger partial charge in [0.1, 0.15) is 5.76 Å². The van der Waals surface area contributed by atoms with E-state index in [1.165, 1.54) is 0 Å². The number of aromatic carboxylic acids is 1. The maximum Gasteiger partial charge on any atom is 0.358 e. The number of carboxylic acid groups (broad SMARTS) is 1. The number of halogens is 1. The van der Waals surface area contributed by atoms with E-state index >= 15 is 0 Å². The molecular weight excluding hydrogens is 258 g/mol. The summed E-state index contributed by atoms with van der Waals surface area (Å²) in [5.41, 5.74) is 3.35. The highest BCUT2D eigenvalue weighted by atomic mass is 35.5. The molecule has 0 saturated heterocycles. The Morgan fingerprint density at radius 3 is 2.50 bits per heavy atom. The molecule has 0 aliphatic heterocycles. The minimum atomic E-state index is -1.07. The lowest BCUT2D eigenvalue weighted by molar-refractivity contribution is 0.0685. The van der Waals surface area contributed by atoms with Crippen molar-refractivity contribution in [1.82, 2.24) is 15.4 Å². The van der Waals surface area contributed by atoms with Crippen LogP contribution in [0.25, 0.3) is 0 Å². The number of aryl methyl sites for hydroxylation is 3. The zero-order chi connectivity index (χ0) is 12.6. The van der Waals surface area contributed by atoms with Crippen LogP contribution in [0, 0.1) is 20.8 Å². The summed E-state index contributed by atoms with van der Waals surface area (Å²) in [5.74, 6) is -0.543. The second kappa shape index (κ2) is 5.22. The number of hydrogen-bond donors (Lipinski definition) is 2. The van der Waals surface area contributed by atoms with Crippen molar-refractivity contribution in [2.24, 2.45) is 0 Å². The van der Waals surface area contributed by atoms with Crippen molar-refractivity contribution < 1.29 is 14.4 Å². The Bertz CT molecular complexity index is 555. The van der Waals surface area contributed by atoms with Crippen LogP contribution in [0.1, 0.15) is 38.8 Å². The zero-order valence-corrected chi connectivity index (χ0v) is 11.1. The summed E-state index contributed by atoms with van der Waals surface area (Å²) in [5, 5.41) is 19.5. The summed E-state index contributed by atoms with van der Waals surface area (Å²) in [4.78, 5) is 11.0. The van der Waals surface area contributed by atoms with Gasteiger partial charge in [-0.3, -0.25) is 5.10 Å². The minimum Gasteiger partial charge on any atom is -0.476 e. The van der Waals surface area contributed by atoms with Crippen LogP contribution in [0.4, 0.5) is 0 Å². The monoisotopic (exact) mass is 271 g/mol. The van der Waals surface area contributed by atoms with Crippen molar-refractivity contribution in [3.8, 4) is 0 Å². The highest BCUT2D eigenvalue weighted by molar-refractivity contribution is 5.87. The molecule has 0 atom stereocenters. The molecule has 7 heteroatoms. The van der Waals surface area contributed by atoms with Crippen LogP contribution in [0.2, 0.25) is 0 Å². The molecule has 0 aliphatic carbocycles. The van der Waals surface area contributed by atoms with Crippen molar-refractivity contribution >= 4 is 18.4 Å². The third-order valence-electron chi connectivity index (χ3n) is 2.82. The quantitative estimate of drug-likeness (QED) is 0.891. The average molecular weight is 272 g/mol. The number of H-pyrrole nitrogens is 1. The molecule has 2 aromatic heterocycles. The lowest BCUT2D eigenvalue weighted by Crippen LogP contribution is -2.03. The first-order valence-corrected chi connectivity index (χ1v) is 5.19. The molecule has 0 radical (unpaired) electrons. The summed E-state index contributed by atoms with van der Waals surface area (Å²) in [6.07, 6.45) is 0.463. The smallest absolute Gasteiger partial charge is 0.358 e. The topological polar surface area (TPSA) is 92.0 Å². The third-order valence-corrected chi connectivity index (χ3v) is 2.82. The average Bonchev–Trinajstić information content (AvgIpc) is 2.77. The van der Waals surface area contributed by atoms with Crippen LogP contribution in [-0.4, -0.2) is 26.4 Å². The molecule has 0 fully saturated rings. The van der Waals surface area contributed by atoms with E-state index < -0.39 is 5.97 Å². The molecule has 6 nitrogen and oxygen atoms in total. The Balaban J connectivity index is 0.00000162. The SMILES string of the molecule is Cc1n[nH]c(C)c1Cc1c(C(=O)O)noc1C.Cl. The van der Waals surface area contributed by atoms with Gasteiger partial charge < -0.3 is 9.63 Å². The molecule has 2 aromatic rings. The van der Waals surface area contributed by atoms with Crippen LogP contribution in [-0.2, 0) is 6.42 Å². The fourth-order valence-corrected chi connectivity index (χ4v) is 1.78. The predicted molar refractivity (Wildman–Crippen MR) is 66.3 cm³/mol. The fraction of sp³-hybridized carbons (Fsp3) is 0.364. The van der Waals surface area contributed by atoms with Gasteiger partial charge in [0.2, 0.25) is 0 Å². The molecule has 2 N–H and O–H groups in total. The number of carbonyl (C=O) groups is 1. The van der Waals surface area contributed by atoms with Crippen LogP contribution in [0.15, 0.2) is 4.52 Å². The second-order valence-electron chi connectivity index (χ2n) is 3.96.